The van der Waals surface area contributed by atoms with E-state index in [1.54, 1.807) is 22.4 Å². The molecule has 5 heteroatoms. The van der Waals surface area contributed by atoms with Gasteiger partial charge in [0.25, 0.3) is 5.91 Å². The molecule has 0 aliphatic carbocycles. The van der Waals surface area contributed by atoms with Gasteiger partial charge in [0.05, 0.1) is 12.1 Å². The number of amides is 1. The van der Waals surface area contributed by atoms with Crippen molar-refractivity contribution in [3.05, 3.63) is 52.3 Å². The number of hydrogen-bond acceptors (Lipinski definition) is 3. The van der Waals surface area contributed by atoms with Gasteiger partial charge in [-0.25, -0.2) is 0 Å². The number of carbonyl (C=O) groups is 1. The van der Waals surface area contributed by atoms with Crippen molar-refractivity contribution in [2.24, 2.45) is 0 Å². The molecule has 102 valence electrons. The first-order valence-corrected chi connectivity index (χ1v) is 7.17. The van der Waals surface area contributed by atoms with Crippen LogP contribution in [0.15, 0.2) is 41.9 Å². The van der Waals surface area contributed by atoms with Crippen LogP contribution < -0.4 is 5.73 Å². The molecule has 0 unspecified atom stereocenters. The van der Waals surface area contributed by atoms with Gasteiger partial charge in [-0.3, -0.25) is 4.79 Å². The molecule has 3 N–H and O–H groups in total. The third-order valence-corrected chi connectivity index (χ3v) is 4.12. The van der Waals surface area contributed by atoms with Crippen LogP contribution in [0.2, 0.25) is 0 Å². The molecule has 3 rings (SSSR count). The van der Waals surface area contributed by atoms with Crippen molar-refractivity contribution in [1.82, 2.24) is 9.88 Å². The van der Waals surface area contributed by atoms with Crippen LogP contribution in [0.5, 0.6) is 0 Å². The molecule has 0 saturated carbocycles. The molecule has 0 radical (unpaired) electrons. The van der Waals surface area contributed by atoms with Crippen molar-refractivity contribution >= 4 is 33.8 Å². The predicted octanol–water partition coefficient (Wildman–Crippen LogP) is 3.08. The van der Waals surface area contributed by atoms with Gasteiger partial charge in [-0.2, -0.15) is 0 Å². The molecule has 0 spiro atoms. The molecule has 20 heavy (non-hydrogen) atoms. The Bertz CT molecular complexity index is 746. The summed E-state index contributed by atoms with van der Waals surface area (Å²) in [6.07, 6.45) is 1.75. The Labute approximate surface area is 120 Å². The highest BCUT2D eigenvalue weighted by Crippen LogP contribution is 2.22. The Morgan fingerprint density at radius 3 is 3.00 bits per heavy atom. The number of nitrogens with zero attached hydrogens (tertiary/aromatic N) is 1. The van der Waals surface area contributed by atoms with E-state index in [4.69, 9.17) is 5.73 Å². The van der Waals surface area contributed by atoms with Crippen LogP contribution >= 0.6 is 11.3 Å². The highest BCUT2D eigenvalue weighted by Gasteiger charge is 2.16. The van der Waals surface area contributed by atoms with E-state index in [-0.39, 0.29) is 5.91 Å². The standard InChI is InChI=1S/C15H15N3OS/c1-18(9-11-3-2-6-20-11)15(19)13-8-17-14-5-4-10(16)7-12(13)14/h2-8,17H,9,16H2,1H3. The number of rotatable bonds is 3. The van der Waals surface area contributed by atoms with Gasteiger partial charge in [0, 0.05) is 34.7 Å². The second kappa shape index (κ2) is 5.02. The van der Waals surface area contributed by atoms with Gasteiger partial charge < -0.3 is 15.6 Å². The summed E-state index contributed by atoms with van der Waals surface area (Å²) >= 11 is 1.65. The number of nitrogens with one attached hydrogen (secondary N) is 1. The lowest BCUT2D eigenvalue weighted by molar-refractivity contribution is 0.0788. The second-order valence-electron chi connectivity index (χ2n) is 4.75. The fraction of sp³-hybridized carbons (Fsp3) is 0.133. The molecule has 0 aliphatic heterocycles. The fourth-order valence-electron chi connectivity index (χ4n) is 2.23. The van der Waals surface area contributed by atoms with Crippen LogP contribution in [-0.2, 0) is 6.54 Å². The number of hydrogen-bond donors (Lipinski definition) is 2. The van der Waals surface area contributed by atoms with Crippen LogP contribution in [0.1, 0.15) is 15.2 Å². The Kier molecular flexibility index (Phi) is 3.20. The minimum Gasteiger partial charge on any atom is -0.399 e. The summed E-state index contributed by atoms with van der Waals surface area (Å²) in [4.78, 5) is 18.5. The third kappa shape index (κ3) is 2.28. The van der Waals surface area contributed by atoms with Crippen molar-refractivity contribution in [2.45, 2.75) is 6.54 Å². The summed E-state index contributed by atoms with van der Waals surface area (Å²) in [6.45, 7) is 0.617. The van der Waals surface area contributed by atoms with E-state index in [2.05, 4.69) is 4.98 Å². The van der Waals surface area contributed by atoms with Gasteiger partial charge in [-0.1, -0.05) is 6.07 Å². The van der Waals surface area contributed by atoms with Gasteiger partial charge in [-0.05, 0) is 29.6 Å². The van der Waals surface area contributed by atoms with Gasteiger partial charge in [-0.15, -0.1) is 11.3 Å². The first-order valence-electron chi connectivity index (χ1n) is 6.29. The van der Waals surface area contributed by atoms with Crippen molar-refractivity contribution in [1.29, 1.82) is 0 Å². The van der Waals surface area contributed by atoms with E-state index >= 15 is 0 Å². The first kappa shape index (κ1) is 12.7. The molecule has 0 atom stereocenters. The zero-order valence-corrected chi connectivity index (χ0v) is 11.9. The maximum atomic E-state index is 12.5. The minimum absolute atomic E-state index is 0.00440. The molecule has 0 aliphatic rings. The van der Waals surface area contributed by atoms with Gasteiger partial charge in [0.1, 0.15) is 0 Å². The summed E-state index contributed by atoms with van der Waals surface area (Å²) in [5.41, 5.74) is 8.04. The maximum Gasteiger partial charge on any atom is 0.256 e. The molecule has 0 bridgehead atoms. The smallest absolute Gasteiger partial charge is 0.256 e. The number of nitrogen functional groups attached to an aromatic ring is 1. The lowest BCUT2D eigenvalue weighted by atomic mass is 10.1. The zero-order chi connectivity index (χ0) is 14.1. The molecule has 3 aromatic rings. The van der Waals surface area contributed by atoms with E-state index < -0.39 is 0 Å². The van der Waals surface area contributed by atoms with Crippen molar-refractivity contribution in [3.63, 3.8) is 0 Å². The van der Waals surface area contributed by atoms with Crippen LogP contribution in [0.25, 0.3) is 10.9 Å². The minimum atomic E-state index is -0.00440. The number of fused-ring (bicyclic) bond motifs is 1. The molecule has 1 amide bonds. The second-order valence-corrected chi connectivity index (χ2v) is 5.78. The summed E-state index contributed by atoms with van der Waals surface area (Å²) in [6, 6.07) is 9.56. The number of benzene rings is 1. The Hall–Kier alpha value is -2.27. The zero-order valence-electron chi connectivity index (χ0n) is 11.1. The highest BCUT2D eigenvalue weighted by molar-refractivity contribution is 7.09. The Balaban J connectivity index is 1.90. The SMILES string of the molecule is CN(Cc1cccs1)C(=O)c1c[nH]c2ccc(N)cc12. The quantitative estimate of drug-likeness (QED) is 0.726. The molecular weight excluding hydrogens is 270 g/mol. The summed E-state index contributed by atoms with van der Waals surface area (Å²) in [5, 5.41) is 2.88. The molecular formula is C15H15N3OS. The van der Waals surface area contributed by atoms with Gasteiger partial charge in [0.15, 0.2) is 0 Å². The molecule has 0 saturated heterocycles. The number of H-pyrrole nitrogens is 1. The van der Waals surface area contributed by atoms with Gasteiger partial charge in [0.2, 0.25) is 0 Å². The third-order valence-electron chi connectivity index (χ3n) is 3.26. The summed E-state index contributed by atoms with van der Waals surface area (Å²) in [7, 11) is 1.81. The number of thiophene rings is 1. The topological polar surface area (TPSA) is 62.1 Å². The van der Waals surface area contributed by atoms with Crippen LogP contribution in [0.4, 0.5) is 5.69 Å². The molecule has 2 heterocycles. The van der Waals surface area contributed by atoms with E-state index in [0.717, 1.165) is 10.9 Å². The molecule has 0 fully saturated rings. The van der Waals surface area contributed by atoms with Crippen molar-refractivity contribution in [3.8, 4) is 0 Å². The van der Waals surface area contributed by atoms with Crippen LogP contribution in [0, 0.1) is 0 Å². The molecule has 4 nitrogen and oxygen atoms in total. The maximum absolute atomic E-state index is 12.5. The lowest BCUT2D eigenvalue weighted by Gasteiger charge is -2.15. The Morgan fingerprint density at radius 2 is 2.25 bits per heavy atom. The van der Waals surface area contributed by atoms with Crippen LogP contribution in [-0.4, -0.2) is 22.8 Å². The van der Waals surface area contributed by atoms with E-state index in [1.807, 2.05) is 42.8 Å². The normalized spacial score (nSPS) is 10.8. The number of aromatic amines is 1. The summed E-state index contributed by atoms with van der Waals surface area (Å²) < 4.78 is 0. The largest absolute Gasteiger partial charge is 0.399 e. The highest BCUT2D eigenvalue weighted by atomic mass is 32.1. The monoisotopic (exact) mass is 285 g/mol. The van der Waals surface area contributed by atoms with Gasteiger partial charge >= 0.3 is 0 Å². The Morgan fingerprint density at radius 1 is 1.40 bits per heavy atom. The predicted molar refractivity (Wildman–Crippen MR) is 82.8 cm³/mol. The number of carbonyl (C=O) groups excluding carboxylic acids is 1. The molecule has 2 aromatic heterocycles. The number of nitrogens with two attached hydrogens (primary N) is 1. The average molecular weight is 285 g/mol. The average Bonchev–Trinajstić information content (AvgIpc) is 3.06. The number of anilines is 1. The fourth-order valence-corrected chi connectivity index (χ4v) is 2.99. The number of aromatic nitrogens is 1. The summed E-state index contributed by atoms with van der Waals surface area (Å²) in [5.74, 6) is -0.00440. The molecule has 1 aromatic carbocycles. The van der Waals surface area contributed by atoms with Crippen molar-refractivity contribution in [2.75, 3.05) is 12.8 Å². The van der Waals surface area contributed by atoms with E-state index in [9.17, 15) is 4.79 Å². The van der Waals surface area contributed by atoms with Crippen LogP contribution in [0.3, 0.4) is 0 Å². The lowest BCUT2D eigenvalue weighted by Crippen LogP contribution is -2.25. The van der Waals surface area contributed by atoms with Crippen molar-refractivity contribution < 1.29 is 4.79 Å². The van der Waals surface area contributed by atoms with E-state index in [0.29, 0.717) is 17.8 Å². The first-order chi connectivity index (χ1) is 9.65. The van der Waals surface area contributed by atoms with E-state index in [1.165, 1.54) is 4.88 Å².